The topological polar surface area (TPSA) is 81.5 Å². The predicted octanol–water partition coefficient (Wildman–Crippen LogP) is 1.92. The number of hydrogen-bond donors (Lipinski definition) is 1. The summed E-state index contributed by atoms with van der Waals surface area (Å²) >= 11 is 0. The van der Waals surface area contributed by atoms with Crippen LogP contribution in [-0.4, -0.2) is 65.5 Å². The summed E-state index contributed by atoms with van der Waals surface area (Å²) in [6.45, 7) is 3.90. The van der Waals surface area contributed by atoms with E-state index in [0.29, 0.717) is 31.9 Å². The minimum atomic E-state index is -0.192. The number of para-hydroxylation sites is 1. The molecule has 2 aromatic heterocycles. The monoisotopic (exact) mass is 409 g/mol. The molecule has 3 heterocycles. The standard InChI is InChI=1S/C22H27N5O3/c1-26-16(7-8-24-26)14-27-10-12-30-21(15-27)20-13-18(22(28)23-9-11-29-2)17-5-3-4-6-19(17)25-20/h3-8,13,21H,9-12,14-15H2,1-2H3,(H,23,28)/t21-/m1/s1. The van der Waals surface area contributed by atoms with Gasteiger partial charge in [0, 0.05) is 51.9 Å². The number of pyridine rings is 1. The lowest BCUT2D eigenvalue weighted by atomic mass is 10.0. The zero-order valence-corrected chi connectivity index (χ0v) is 17.4. The Balaban J connectivity index is 1.58. The number of fused-ring (bicyclic) bond motifs is 1. The first-order chi connectivity index (χ1) is 14.7. The van der Waals surface area contributed by atoms with Crippen LogP contribution in [0, 0.1) is 0 Å². The fourth-order valence-electron chi connectivity index (χ4n) is 3.72. The summed E-state index contributed by atoms with van der Waals surface area (Å²) in [5.74, 6) is -0.130. The Hall–Kier alpha value is -2.81. The van der Waals surface area contributed by atoms with Crippen LogP contribution in [0.5, 0.6) is 0 Å². The minimum Gasteiger partial charge on any atom is -0.383 e. The van der Waals surface area contributed by atoms with Crippen molar-refractivity contribution in [3.05, 3.63) is 59.5 Å². The first kappa shape index (κ1) is 20.5. The highest BCUT2D eigenvalue weighted by atomic mass is 16.5. The van der Waals surface area contributed by atoms with Crippen LogP contribution in [0.2, 0.25) is 0 Å². The van der Waals surface area contributed by atoms with Crippen LogP contribution in [-0.2, 0) is 23.1 Å². The van der Waals surface area contributed by atoms with E-state index in [1.807, 2.05) is 54.3 Å². The number of carbonyl (C=O) groups excluding carboxylic acids is 1. The Morgan fingerprint density at radius 2 is 2.20 bits per heavy atom. The highest BCUT2D eigenvalue weighted by molar-refractivity contribution is 6.06. The number of rotatable bonds is 7. The van der Waals surface area contributed by atoms with Crippen molar-refractivity contribution in [2.24, 2.45) is 7.05 Å². The van der Waals surface area contributed by atoms with Crippen molar-refractivity contribution in [2.45, 2.75) is 12.6 Å². The lowest BCUT2D eigenvalue weighted by molar-refractivity contribution is -0.0355. The fourth-order valence-corrected chi connectivity index (χ4v) is 3.72. The van der Waals surface area contributed by atoms with Crippen LogP contribution in [0.25, 0.3) is 10.9 Å². The summed E-state index contributed by atoms with van der Waals surface area (Å²) in [5.41, 5.74) is 3.33. The van der Waals surface area contributed by atoms with E-state index in [1.54, 1.807) is 7.11 Å². The maximum absolute atomic E-state index is 12.8. The van der Waals surface area contributed by atoms with Crippen molar-refractivity contribution in [1.29, 1.82) is 0 Å². The Kier molecular flexibility index (Phi) is 6.37. The number of nitrogens with one attached hydrogen (secondary N) is 1. The first-order valence-corrected chi connectivity index (χ1v) is 10.1. The molecular weight excluding hydrogens is 382 g/mol. The van der Waals surface area contributed by atoms with Crippen molar-refractivity contribution in [3.8, 4) is 0 Å². The number of benzene rings is 1. The van der Waals surface area contributed by atoms with Gasteiger partial charge in [-0.3, -0.25) is 14.4 Å². The van der Waals surface area contributed by atoms with E-state index in [2.05, 4.69) is 15.3 Å². The second-order valence-electron chi connectivity index (χ2n) is 7.40. The van der Waals surface area contributed by atoms with Gasteiger partial charge in [-0.05, 0) is 18.2 Å². The maximum atomic E-state index is 12.8. The van der Waals surface area contributed by atoms with Crippen molar-refractivity contribution >= 4 is 16.8 Å². The third kappa shape index (κ3) is 4.51. The van der Waals surface area contributed by atoms with E-state index in [1.165, 1.54) is 0 Å². The van der Waals surface area contributed by atoms with Gasteiger partial charge in [0.05, 0.1) is 35.7 Å². The van der Waals surface area contributed by atoms with Crippen LogP contribution in [0.3, 0.4) is 0 Å². The highest BCUT2D eigenvalue weighted by Gasteiger charge is 2.25. The molecule has 30 heavy (non-hydrogen) atoms. The van der Waals surface area contributed by atoms with Gasteiger partial charge in [0.25, 0.3) is 5.91 Å². The van der Waals surface area contributed by atoms with Crippen molar-refractivity contribution in [3.63, 3.8) is 0 Å². The van der Waals surface area contributed by atoms with Crippen LogP contribution in [0.1, 0.15) is 27.8 Å². The lowest BCUT2D eigenvalue weighted by Crippen LogP contribution is -2.38. The molecule has 1 N–H and O–H groups in total. The van der Waals surface area contributed by atoms with Crippen molar-refractivity contribution < 1.29 is 14.3 Å². The van der Waals surface area contributed by atoms with Crippen molar-refractivity contribution in [1.82, 2.24) is 25.0 Å². The van der Waals surface area contributed by atoms with Gasteiger partial charge in [-0.1, -0.05) is 18.2 Å². The van der Waals surface area contributed by atoms with Gasteiger partial charge in [-0.2, -0.15) is 5.10 Å². The molecule has 1 fully saturated rings. The summed E-state index contributed by atoms with van der Waals surface area (Å²) in [6, 6.07) is 11.6. The molecule has 1 aliphatic rings. The summed E-state index contributed by atoms with van der Waals surface area (Å²) in [7, 11) is 3.57. The molecule has 0 spiro atoms. The molecule has 1 aliphatic heterocycles. The summed E-state index contributed by atoms with van der Waals surface area (Å²) in [4.78, 5) is 20.0. The van der Waals surface area contributed by atoms with Crippen LogP contribution in [0.15, 0.2) is 42.6 Å². The second kappa shape index (κ2) is 9.34. The minimum absolute atomic E-state index is 0.130. The molecule has 8 heteroatoms. The maximum Gasteiger partial charge on any atom is 0.252 e. The van der Waals surface area contributed by atoms with Gasteiger partial charge in [0.2, 0.25) is 0 Å². The molecule has 0 unspecified atom stereocenters. The zero-order valence-electron chi connectivity index (χ0n) is 17.4. The van der Waals surface area contributed by atoms with E-state index in [0.717, 1.165) is 35.4 Å². The number of aromatic nitrogens is 3. The molecule has 0 saturated carbocycles. The first-order valence-electron chi connectivity index (χ1n) is 10.1. The Bertz CT molecular complexity index is 1020. The third-order valence-electron chi connectivity index (χ3n) is 5.36. The SMILES string of the molecule is COCCNC(=O)c1cc([C@H]2CN(Cc3ccnn3C)CCO2)nc2ccccc12. The number of carbonyl (C=O) groups is 1. The molecule has 3 aromatic rings. The number of ether oxygens (including phenoxy) is 2. The second-order valence-corrected chi connectivity index (χ2v) is 7.40. The molecule has 1 saturated heterocycles. The van der Waals surface area contributed by atoms with Gasteiger partial charge in [-0.25, -0.2) is 4.98 Å². The largest absolute Gasteiger partial charge is 0.383 e. The summed E-state index contributed by atoms with van der Waals surface area (Å²) < 4.78 is 13.0. The van der Waals surface area contributed by atoms with Gasteiger partial charge >= 0.3 is 0 Å². The van der Waals surface area contributed by atoms with Gasteiger partial charge < -0.3 is 14.8 Å². The normalized spacial score (nSPS) is 17.3. The van der Waals surface area contributed by atoms with E-state index >= 15 is 0 Å². The summed E-state index contributed by atoms with van der Waals surface area (Å²) in [5, 5.41) is 7.99. The van der Waals surface area contributed by atoms with Crippen LogP contribution in [0.4, 0.5) is 0 Å². The Morgan fingerprint density at radius 1 is 1.33 bits per heavy atom. The molecule has 1 amide bonds. The number of nitrogens with zero attached hydrogens (tertiary/aromatic N) is 4. The molecule has 4 rings (SSSR count). The lowest BCUT2D eigenvalue weighted by Gasteiger charge is -2.32. The Morgan fingerprint density at radius 3 is 3.00 bits per heavy atom. The average molecular weight is 409 g/mol. The van der Waals surface area contributed by atoms with E-state index in [-0.39, 0.29) is 12.0 Å². The quantitative estimate of drug-likeness (QED) is 0.601. The average Bonchev–Trinajstić information content (AvgIpc) is 3.17. The number of morpholine rings is 1. The van der Waals surface area contributed by atoms with E-state index < -0.39 is 0 Å². The molecule has 0 radical (unpaired) electrons. The van der Waals surface area contributed by atoms with Gasteiger partial charge in [0.1, 0.15) is 6.10 Å². The predicted molar refractivity (Wildman–Crippen MR) is 113 cm³/mol. The molecule has 1 atom stereocenters. The molecule has 0 aliphatic carbocycles. The smallest absolute Gasteiger partial charge is 0.252 e. The molecule has 1 aromatic carbocycles. The van der Waals surface area contributed by atoms with E-state index in [9.17, 15) is 4.79 Å². The highest BCUT2D eigenvalue weighted by Crippen LogP contribution is 2.26. The molecule has 158 valence electrons. The Labute approximate surface area is 175 Å². The number of methoxy groups -OCH3 is 1. The van der Waals surface area contributed by atoms with Gasteiger partial charge in [-0.15, -0.1) is 0 Å². The third-order valence-corrected chi connectivity index (χ3v) is 5.36. The van der Waals surface area contributed by atoms with E-state index in [4.69, 9.17) is 14.5 Å². The van der Waals surface area contributed by atoms with Gasteiger partial charge in [0.15, 0.2) is 0 Å². The fraction of sp³-hybridized carbons (Fsp3) is 0.409. The molecular formula is C22H27N5O3. The number of hydrogen-bond acceptors (Lipinski definition) is 6. The van der Waals surface area contributed by atoms with Crippen LogP contribution < -0.4 is 5.32 Å². The molecule has 8 nitrogen and oxygen atoms in total. The number of amides is 1. The van der Waals surface area contributed by atoms with Crippen LogP contribution >= 0.6 is 0 Å². The zero-order chi connectivity index (χ0) is 20.9. The summed E-state index contributed by atoms with van der Waals surface area (Å²) in [6.07, 6.45) is 1.62. The van der Waals surface area contributed by atoms with Crippen molar-refractivity contribution in [2.75, 3.05) is 40.0 Å². The number of aryl methyl sites for hydroxylation is 1. The molecule has 0 bridgehead atoms.